The molecule has 3 aromatic rings. The molecule has 148 valence electrons. The van der Waals surface area contributed by atoms with Crippen molar-refractivity contribution in [3.8, 4) is 5.75 Å². The topological polar surface area (TPSA) is 134 Å². The van der Waals surface area contributed by atoms with Gasteiger partial charge in [-0.1, -0.05) is 18.2 Å². The lowest BCUT2D eigenvalue weighted by Gasteiger charge is -2.17. The van der Waals surface area contributed by atoms with E-state index < -0.39 is 19.2 Å². The van der Waals surface area contributed by atoms with Crippen molar-refractivity contribution in [3.63, 3.8) is 0 Å². The van der Waals surface area contributed by atoms with Crippen LogP contribution in [0.1, 0.15) is 12.6 Å². The zero-order valence-electron chi connectivity index (χ0n) is 15.1. The molecule has 1 aliphatic heterocycles. The highest BCUT2D eigenvalue weighted by molar-refractivity contribution is 7.58. The summed E-state index contributed by atoms with van der Waals surface area (Å²) in [5.41, 5.74) is 5.75. The molecule has 2 aromatic heterocycles. The summed E-state index contributed by atoms with van der Waals surface area (Å²) in [4.78, 5) is 22.5. The zero-order chi connectivity index (χ0) is 19.7. The van der Waals surface area contributed by atoms with Gasteiger partial charge in [-0.25, -0.2) is 4.98 Å². The van der Waals surface area contributed by atoms with E-state index >= 15 is 0 Å². The number of imidazole rings is 1. The van der Waals surface area contributed by atoms with Gasteiger partial charge in [0.25, 0.3) is 12.9 Å². The Morgan fingerprint density at radius 2 is 2.18 bits per heavy atom. The highest BCUT2D eigenvalue weighted by Crippen LogP contribution is 2.44. The molecule has 3 atom stereocenters. The number of nitrogen functional groups attached to an aromatic ring is 1. The number of nitrogens with zero attached hydrogens (tertiary/aromatic N) is 3. The quantitative estimate of drug-likeness (QED) is 0.594. The van der Waals surface area contributed by atoms with E-state index in [0.717, 1.165) is 0 Å². The molecule has 0 amide bonds. The zero-order valence-corrected chi connectivity index (χ0v) is 16.0. The van der Waals surface area contributed by atoms with Crippen molar-refractivity contribution in [3.05, 3.63) is 47.0 Å². The molecule has 4 rings (SSSR count). The molecule has 28 heavy (non-hydrogen) atoms. The molecule has 11 heteroatoms. The SMILES string of the molecule is CP(=O)(CO[C@H]1CO[C@@H](n2cnc3c(=O)[nH]c(N)nc32)C1)Oc1ccccc1. The number of fused-ring (bicyclic) bond motifs is 1. The second kappa shape index (κ2) is 7.38. The normalized spacial score (nSPS) is 21.6. The van der Waals surface area contributed by atoms with Crippen LogP contribution in [-0.4, -0.2) is 45.2 Å². The number of H-pyrrole nitrogens is 1. The molecule has 1 aromatic carbocycles. The maximum Gasteiger partial charge on any atom is 0.280 e. The number of aromatic nitrogens is 4. The van der Waals surface area contributed by atoms with Crippen molar-refractivity contribution < 1.29 is 18.6 Å². The maximum absolute atomic E-state index is 12.6. The van der Waals surface area contributed by atoms with Gasteiger partial charge in [-0.3, -0.25) is 18.9 Å². The van der Waals surface area contributed by atoms with Gasteiger partial charge in [-0.2, -0.15) is 4.98 Å². The lowest BCUT2D eigenvalue weighted by atomic mass is 10.3. The van der Waals surface area contributed by atoms with Gasteiger partial charge in [-0.05, 0) is 12.1 Å². The van der Waals surface area contributed by atoms with E-state index in [1.165, 1.54) is 13.0 Å². The number of hydrogen-bond donors (Lipinski definition) is 2. The predicted octanol–water partition coefficient (Wildman–Crippen LogP) is 1.95. The van der Waals surface area contributed by atoms with E-state index in [1.54, 1.807) is 16.7 Å². The lowest BCUT2D eigenvalue weighted by Crippen LogP contribution is -2.15. The van der Waals surface area contributed by atoms with Gasteiger partial charge in [0.05, 0.1) is 19.0 Å². The molecule has 3 heterocycles. The number of ether oxygens (including phenoxy) is 2. The number of anilines is 1. The summed E-state index contributed by atoms with van der Waals surface area (Å²) in [6.45, 7) is 1.85. The highest BCUT2D eigenvalue weighted by atomic mass is 31.2. The molecule has 10 nitrogen and oxygen atoms in total. The number of para-hydroxylation sites is 1. The minimum atomic E-state index is -2.97. The maximum atomic E-state index is 12.6. The monoisotopic (exact) mass is 405 g/mol. The van der Waals surface area contributed by atoms with Gasteiger partial charge in [0.2, 0.25) is 5.95 Å². The number of hydrogen-bond acceptors (Lipinski definition) is 8. The van der Waals surface area contributed by atoms with Crippen LogP contribution in [0.3, 0.4) is 0 Å². The van der Waals surface area contributed by atoms with Gasteiger partial charge in [0.1, 0.15) is 18.3 Å². The summed E-state index contributed by atoms with van der Waals surface area (Å²) in [6.07, 6.45) is 1.27. The molecule has 0 spiro atoms. The van der Waals surface area contributed by atoms with Crippen LogP contribution in [0.5, 0.6) is 5.75 Å². The third-order valence-electron chi connectivity index (χ3n) is 4.29. The Bertz CT molecular complexity index is 1080. The van der Waals surface area contributed by atoms with Gasteiger partial charge < -0.3 is 19.7 Å². The molecule has 1 aliphatic rings. The van der Waals surface area contributed by atoms with Crippen molar-refractivity contribution >= 4 is 24.5 Å². The Kier molecular flexibility index (Phi) is 4.92. The van der Waals surface area contributed by atoms with E-state index in [-0.39, 0.29) is 23.9 Å². The average Bonchev–Trinajstić information content (AvgIpc) is 3.27. The third kappa shape index (κ3) is 3.94. The Morgan fingerprint density at radius 3 is 2.96 bits per heavy atom. The fourth-order valence-corrected chi connectivity index (χ4v) is 4.12. The molecule has 1 fully saturated rings. The Balaban J connectivity index is 1.40. The van der Waals surface area contributed by atoms with E-state index in [9.17, 15) is 9.36 Å². The van der Waals surface area contributed by atoms with E-state index in [4.69, 9.17) is 19.7 Å². The number of nitrogens with two attached hydrogens (primary N) is 1. The fraction of sp³-hybridized carbons (Fsp3) is 0.353. The molecule has 1 saturated heterocycles. The second-order valence-electron chi connectivity index (χ2n) is 6.64. The molecular formula is C17H20N5O5P. The van der Waals surface area contributed by atoms with E-state index in [2.05, 4.69) is 15.0 Å². The smallest absolute Gasteiger partial charge is 0.280 e. The van der Waals surface area contributed by atoms with Crippen molar-refractivity contribution in [2.45, 2.75) is 18.8 Å². The first-order chi connectivity index (χ1) is 13.4. The van der Waals surface area contributed by atoms with Crippen molar-refractivity contribution in [1.82, 2.24) is 19.5 Å². The van der Waals surface area contributed by atoms with Gasteiger partial charge in [0.15, 0.2) is 11.2 Å². The Hall–Kier alpha value is -2.68. The Labute approximate surface area is 160 Å². The van der Waals surface area contributed by atoms with Crippen LogP contribution in [0.2, 0.25) is 0 Å². The van der Waals surface area contributed by atoms with Crippen LogP contribution in [0.15, 0.2) is 41.5 Å². The number of aromatic amines is 1. The Morgan fingerprint density at radius 1 is 1.39 bits per heavy atom. The standard InChI is InChI=1S/C17H20N5O5P/c1-28(24,27-11-5-3-2-4-6-11)10-26-12-7-13(25-8-12)22-9-19-14-15(22)20-17(18)21-16(14)23/h2-6,9,12-13H,7-8,10H2,1H3,(H3,18,20,21,23)/t12-,13-,28?/m1/s1. The summed E-state index contributed by atoms with van der Waals surface area (Å²) in [7, 11) is -2.97. The first-order valence-electron chi connectivity index (χ1n) is 8.68. The molecule has 0 aliphatic carbocycles. The van der Waals surface area contributed by atoms with Gasteiger partial charge >= 0.3 is 0 Å². The first-order valence-corrected chi connectivity index (χ1v) is 10.9. The van der Waals surface area contributed by atoms with Gasteiger partial charge in [-0.15, -0.1) is 0 Å². The van der Waals surface area contributed by atoms with Crippen LogP contribution < -0.4 is 15.8 Å². The van der Waals surface area contributed by atoms with E-state index in [0.29, 0.717) is 24.4 Å². The summed E-state index contributed by atoms with van der Waals surface area (Å²) < 4.78 is 31.4. The number of rotatable bonds is 6. The predicted molar refractivity (Wildman–Crippen MR) is 103 cm³/mol. The number of nitrogens with one attached hydrogen (secondary N) is 1. The fourth-order valence-electron chi connectivity index (χ4n) is 3.01. The molecule has 0 radical (unpaired) electrons. The number of benzene rings is 1. The van der Waals surface area contributed by atoms with Crippen molar-refractivity contribution in [2.24, 2.45) is 0 Å². The average molecular weight is 405 g/mol. The second-order valence-corrected chi connectivity index (χ2v) is 9.10. The van der Waals surface area contributed by atoms with Crippen molar-refractivity contribution in [1.29, 1.82) is 0 Å². The lowest BCUT2D eigenvalue weighted by molar-refractivity contribution is 0.0377. The summed E-state index contributed by atoms with van der Waals surface area (Å²) in [5.74, 6) is 0.547. The summed E-state index contributed by atoms with van der Waals surface area (Å²) >= 11 is 0. The molecule has 3 N–H and O–H groups in total. The van der Waals surface area contributed by atoms with E-state index in [1.807, 2.05) is 18.2 Å². The molecule has 0 saturated carbocycles. The summed E-state index contributed by atoms with van der Waals surface area (Å²) in [6, 6.07) is 8.97. The minimum absolute atomic E-state index is 0.00929. The molecular weight excluding hydrogens is 385 g/mol. The third-order valence-corrected chi connectivity index (χ3v) is 5.50. The minimum Gasteiger partial charge on any atom is -0.441 e. The molecule has 0 bridgehead atoms. The van der Waals surface area contributed by atoms with Crippen molar-refractivity contribution in [2.75, 3.05) is 25.4 Å². The van der Waals surface area contributed by atoms with Crippen LogP contribution in [-0.2, 0) is 14.0 Å². The largest absolute Gasteiger partial charge is 0.441 e. The van der Waals surface area contributed by atoms with Crippen LogP contribution >= 0.6 is 7.37 Å². The van der Waals surface area contributed by atoms with Crippen LogP contribution in [0.4, 0.5) is 5.95 Å². The molecule has 1 unspecified atom stereocenters. The van der Waals surface area contributed by atoms with Crippen LogP contribution in [0, 0.1) is 0 Å². The highest BCUT2D eigenvalue weighted by Gasteiger charge is 2.31. The summed E-state index contributed by atoms with van der Waals surface area (Å²) in [5, 5.41) is 0. The van der Waals surface area contributed by atoms with Crippen LogP contribution in [0.25, 0.3) is 11.2 Å². The van der Waals surface area contributed by atoms with Gasteiger partial charge in [0, 0.05) is 13.1 Å². The first kappa shape index (κ1) is 18.7.